The number of carbonyl (C=O) groups excluding carboxylic acids is 1. The van der Waals surface area contributed by atoms with Crippen LogP contribution in [0.25, 0.3) is 0 Å². The fourth-order valence-corrected chi connectivity index (χ4v) is 2.42. The zero-order chi connectivity index (χ0) is 21.0. The number of ketones is 1. The van der Waals surface area contributed by atoms with E-state index in [1.54, 1.807) is 0 Å². The van der Waals surface area contributed by atoms with Gasteiger partial charge in [-0.05, 0) is 12.8 Å². The Bertz CT molecular complexity index is 511. The molecule has 0 bridgehead atoms. The average Bonchev–Trinajstić information content (AvgIpc) is 2.44. The van der Waals surface area contributed by atoms with Crippen LogP contribution in [0.4, 0.5) is 39.5 Å². The molecule has 3 N–H and O–H groups in total. The third-order valence-electron chi connectivity index (χ3n) is 3.07. The van der Waals surface area contributed by atoms with Crippen LogP contribution in [0.2, 0.25) is 0 Å². The quantitative estimate of drug-likeness (QED) is 0.496. The minimum Gasteiger partial charge on any atom is -0.481 e. The summed E-state index contributed by atoms with van der Waals surface area (Å²) in [4.78, 5) is 21.7. The number of aliphatic carboxylic acids is 1. The zero-order valence-corrected chi connectivity index (χ0v) is 13.6. The van der Waals surface area contributed by atoms with E-state index < -0.39 is 65.0 Å². The van der Waals surface area contributed by atoms with Gasteiger partial charge >= 0.3 is 29.2 Å². The molecule has 0 aromatic carbocycles. The number of halogens is 9. The molecule has 0 saturated carbocycles. The molecule has 4 nitrogen and oxygen atoms in total. The van der Waals surface area contributed by atoms with Crippen LogP contribution < -0.4 is 5.73 Å². The van der Waals surface area contributed by atoms with Crippen LogP contribution in [0.5, 0.6) is 0 Å². The summed E-state index contributed by atoms with van der Waals surface area (Å²) in [5, 5.41) is 2.56. The van der Waals surface area contributed by atoms with E-state index in [-0.39, 0.29) is 19.3 Å². The van der Waals surface area contributed by atoms with Gasteiger partial charge in [0.25, 0.3) is 0 Å². The van der Waals surface area contributed by atoms with Crippen molar-refractivity contribution in [1.29, 1.82) is 0 Å². The highest BCUT2D eigenvalue weighted by Crippen LogP contribution is 2.56. The topological polar surface area (TPSA) is 80.4 Å². The molecule has 154 valence electrons. The second-order valence-corrected chi connectivity index (χ2v) is 6.33. The first-order valence-electron chi connectivity index (χ1n) is 6.81. The normalized spacial score (nSPS) is 15.0. The van der Waals surface area contributed by atoms with Crippen LogP contribution in [-0.4, -0.2) is 51.9 Å². The van der Waals surface area contributed by atoms with Crippen LogP contribution in [0.15, 0.2) is 0 Å². The lowest BCUT2D eigenvalue weighted by atomic mass is 10.0. The highest BCUT2D eigenvalue weighted by Gasteiger charge is 2.81. The van der Waals surface area contributed by atoms with Gasteiger partial charge in [-0.1, -0.05) is 11.8 Å². The van der Waals surface area contributed by atoms with Gasteiger partial charge in [0.1, 0.15) is 5.78 Å². The van der Waals surface area contributed by atoms with Crippen molar-refractivity contribution in [3.63, 3.8) is 0 Å². The van der Waals surface area contributed by atoms with Crippen LogP contribution in [-0.2, 0) is 9.59 Å². The molecule has 0 fully saturated rings. The number of Topliss-reactive ketones (excluding diaryl/α,β-unsaturated/α-hetero) is 1. The molecule has 0 rings (SSSR count). The molecular weight excluding hydrogens is 409 g/mol. The van der Waals surface area contributed by atoms with Gasteiger partial charge in [0.15, 0.2) is 0 Å². The fourth-order valence-electron chi connectivity index (χ4n) is 1.55. The van der Waals surface area contributed by atoms with Crippen molar-refractivity contribution in [2.75, 3.05) is 5.75 Å². The number of nitrogens with two attached hydrogens (primary N) is 1. The molecular formula is C12H14F9NO3S. The van der Waals surface area contributed by atoms with E-state index >= 15 is 0 Å². The Morgan fingerprint density at radius 2 is 1.42 bits per heavy atom. The van der Waals surface area contributed by atoms with Gasteiger partial charge in [-0.2, -0.15) is 39.5 Å². The first kappa shape index (κ1) is 24.8. The number of carbonyl (C=O) groups is 2. The van der Waals surface area contributed by atoms with Gasteiger partial charge in [-0.3, -0.25) is 9.59 Å². The predicted molar refractivity (Wildman–Crippen MR) is 72.4 cm³/mol. The Kier molecular flexibility index (Phi) is 8.28. The maximum atomic E-state index is 13.2. The summed E-state index contributed by atoms with van der Waals surface area (Å²) in [5.74, 6) is -17.1. The molecule has 26 heavy (non-hydrogen) atoms. The van der Waals surface area contributed by atoms with Gasteiger partial charge in [-0.15, -0.1) is 0 Å². The monoisotopic (exact) mass is 423 g/mol. The lowest BCUT2D eigenvalue weighted by Gasteiger charge is -2.33. The summed E-state index contributed by atoms with van der Waals surface area (Å²) in [5.41, 5.74) is 5.31. The molecule has 1 atom stereocenters. The number of alkyl halides is 9. The molecule has 0 saturated heterocycles. The first-order chi connectivity index (χ1) is 11.5. The number of hydrogen-bond acceptors (Lipinski definition) is 4. The SMILES string of the molecule is NC(CCCC(=O)O)C(=O)CCSC(F)(F)C(F)(F)C(F)(F)C(F)(F)F. The molecule has 0 radical (unpaired) electrons. The van der Waals surface area contributed by atoms with Crippen molar-refractivity contribution in [2.24, 2.45) is 5.73 Å². The third-order valence-corrected chi connectivity index (χ3v) is 4.09. The molecule has 0 aromatic heterocycles. The minimum atomic E-state index is -6.98. The van der Waals surface area contributed by atoms with E-state index in [4.69, 9.17) is 10.8 Å². The van der Waals surface area contributed by atoms with E-state index in [1.807, 2.05) is 0 Å². The first-order valence-corrected chi connectivity index (χ1v) is 7.80. The molecule has 0 aliphatic heterocycles. The molecule has 1 unspecified atom stereocenters. The van der Waals surface area contributed by atoms with Gasteiger partial charge in [-0.25, -0.2) is 0 Å². The molecule has 0 heterocycles. The molecule has 0 aliphatic carbocycles. The van der Waals surface area contributed by atoms with Crippen molar-refractivity contribution in [3.8, 4) is 0 Å². The lowest BCUT2D eigenvalue weighted by molar-refractivity contribution is -0.381. The number of thioether (sulfide) groups is 1. The van der Waals surface area contributed by atoms with Crippen molar-refractivity contribution in [2.45, 2.75) is 55.0 Å². The predicted octanol–water partition coefficient (Wildman–Crippen LogP) is 3.69. The van der Waals surface area contributed by atoms with Crippen molar-refractivity contribution < 1.29 is 54.2 Å². The van der Waals surface area contributed by atoms with E-state index in [1.165, 1.54) is 0 Å². The molecule has 0 amide bonds. The second kappa shape index (κ2) is 8.67. The highest BCUT2D eigenvalue weighted by molar-refractivity contribution is 8.00. The van der Waals surface area contributed by atoms with E-state index in [2.05, 4.69) is 0 Å². The van der Waals surface area contributed by atoms with Crippen molar-refractivity contribution >= 4 is 23.5 Å². The van der Waals surface area contributed by atoms with Gasteiger partial charge in [0, 0.05) is 18.6 Å². The number of rotatable bonds is 11. The minimum absolute atomic E-state index is 0.0403. The molecule has 14 heteroatoms. The second-order valence-electron chi connectivity index (χ2n) is 5.12. The Hall–Kier alpha value is -1.18. The van der Waals surface area contributed by atoms with E-state index in [0.717, 1.165) is 0 Å². The van der Waals surface area contributed by atoms with E-state index in [9.17, 15) is 49.1 Å². The van der Waals surface area contributed by atoms with Gasteiger partial charge in [0.2, 0.25) is 0 Å². The summed E-state index contributed by atoms with van der Waals surface area (Å²) in [7, 11) is 0. The standard InChI is InChI=1S/C12H14F9NO3S/c13-9(14,11(17,18)19)10(15,16)12(20,21)26-5-4-7(23)6(22)2-1-3-8(24)25/h6H,1-5,22H2,(H,24,25). The van der Waals surface area contributed by atoms with E-state index in [0.29, 0.717) is 0 Å². The summed E-state index contributed by atoms with van der Waals surface area (Å²) in [6, 6.07) is -1.30. The molecule has 0 aliphatic rings. The molecule has 0 spiro atoms. The number of carboxylic acids is 1. The van der Waals surface area contributed by atoms with Gasteiger partial charge in [0.05, 0.1) is 6.04 Å². The number of hydrogen-bond donors (Lipinski definition) is 2. The highest BCUT2D eigenvalue weighted by atomic mass is 32.2. The summed E-state index contributed by atoms with van der Waals surface area (Å²) >= 11 is -1.23. The summed E-state index contributed by atoms with van der Waals surface area (Å²) in [6.45, 7) is 0. The smallest absolute Gasteiger partial charge is 0.460 e. The average molecular weight is 423 g/mol. The largest absolute Gasteiger partial charge is 0.481 e. The third kappa shape index (κ3) is 5.93. The molecule has 0 aromatic rings. The summed E-state index contributed by atoms with van der Waals surface area (Å²) in [6.07, 6.45) is -8.34. The summed E-state index contributed by atoms with van der Waals surface area (Å²) < 4.78 is 113. The van der Waals surface area contributed by atoms with Gasteiger partial charge < -0.3 is 10.8 Å². The van der Waals surface area contributed by atoms with Crippen LogP contribution in [0, 0.1) is 0 Å². The Morgan fingerprint density at radius 3 is 1.85 bits per heavy atom. The van der Waals surface area contributed by atoms with Crippen molar-refractivity contribution in [1.82, 2.24) is 0 Å². The van der Waals surface area contributed by atoms with Crippen LogP contribution in [0.3, 0.4) is 0 Å². The van der Waals surface area contributed by atoms with Crippen LogP contribution >= 0.6 is 11.8 Å². The van der Waals surface area contributed by atoms with Crippen molar-refractivity contribution in [3.05, 3.63) is 0 Å². The zero-order valence-electron chi connectivity index (χ0n) is 12.8. The fraction of sp³-hybridized carbons (Fsp3) is 0.833. The Labute approximate surface area is 145 Å². The van der Waals surface area contributed by atoms with Crippen LogP contribution in [0.1, 0.15) is 25.7 Å². The maximum absolute atomic E-state index is 13.2. The Morgan fingerprint density at radius 1 is 0.923 bits per heavy atom. The lowest BCUT2D eigenvalue weighted by Crippen LogP contribution is -2.59. The maximum Gasteiger partial charge on any atom is 0.460 e. The number of carboxylic acid groups (broad SMARTS) is 1. The Balaban J connectivity index is 4.74.